The van der Waals surface area contributed by atoms with Crippen molar-refractivity contribution in [2.75, 3.05) is 26.7 Å². The normalized spacial score (nSPS) is 19.5. The summed E-state index contributed by atoms with van der Waals surface area (Å²) in [6.45, 7) is 6.98. The number of carboxylic acids is 1. The molecule has 0 atom stereocenters. The molecule has 1 rings (SSSR count). The molecule has 0 radical (unpaired) electrons. The van der Waals surface area contributed by atoms with Gasteiger partial charge in [0.15, 0.2) is 0 Å². The Kier molecular flexibility index (Phi) is 5.40. The topological polar surface area (TPSA) is 52.6 Å². The summed E-state index contributed by atoms with van der Waals surface area (Å²) in [6, 6.07) is 0. The zero-order valence-corrected chi connectivity index (χ0v) is 11.3. The number of carbonyl (C=O) groups is 1. The van der Waals surface area contributed by atoms with Gasteiger partial charge in [-0.1, -0.05) is 13.8 Å². The number of rotatable bonds is 6. The van der Waals surface area contributed by atoms with Gasteiger partial charge in [-0.15, -0.1) is 0 Å². The Morgan fingerprint density at radius 3 is 2.29 bits per heavy atom. The van der Waals surface area contributed by atoms with E-state index in [2.05, 4.69) is 17.3 Å². The summed E-state index contributed by atoms with van der Waals surface area (Å²) in [5.41, 5.74) is -0.719. The number of nitrogens with one attached hydrogen (secondary N) is 1. The zero-order valence-electron chi connectivity index (χ0n) is 11.3. The van der Waals surface area contributed by atoms with Gasteiger partial charge >= 0.3 is 5.97 Å². The highest BCUT2D eigenvalue weighted by molar-refractivity contribution is 5.78. The Balaban J connectivity index is 2.44. The number of hydrogen-bond donors (Lipinski definition) is 2. The maximum absolute atomic E-state index is 11.3. The van der Waals surface area contributed by atoms with Gasteiger partial charge in [0.1, 0.15) is 5.54 Å². The molecule has 1 aliphatic heterocycles. The van der Waals surface area contributed by atoms with E-state index in [-0.39, 0.29) is 0 Å². The van der Waals surface area contributed by atoms with Gasteiger partial charge < -0.3 is 15.3 Å². The molecular weight excluding hydrogens is 216 g/mol. The fraction of sp³-hybridized carbons (Fsp3) is 0.923. The summed E-state index contributed by atoms with van der Waals surface area (Å²) in [6.07, 6.45) is 3.64. The molecular formula is C13H26N2O2. The first kappa shape index (κ1) is 14.5. The molecule has 0 unspecified atom stereocenters. The Bertz CT molecular complexity index is 244. The van der Waals surface area contributed by atoms with Crippen molar-refractivity contribution in [3.63, 3.8) is 0 Å². The third kappa shape index (κ3) is 3.68. The second-order valence-electron chi connectivity index (χ2n) is 5.22. The molecule has 0 spiro atoms. The Morgan fingerprint density at radius 1 is 1.35 bits per heavy atom. The average molecular weight is 242 g/mol. The van der Waals surface area contributed by atoms with E-state index in [9.17, 15) is 9.90 Å². The van der Waals surface area contributed by atoms with Crippen LogP contribution < -0.4 is 5.32 Å². The monoisotopic (exact) mass is 242 g/mol. The summed E-state index contributed by atoms with van der Waals surface area (Å²) in [5.74, 6) is -0.0848. The van der Waals surface area contributed by atoms with Crippen LogP contribution in [0.25, 0.3) is 0 Å². The van der Waals surface area contributed by atoms with Gasteiger partial charge in [0.25, 0.3) is 0 Å². The van der Waals surface area contributed by atoms with E-state index in [0.29, 0.717) is 18.8 Å². The van der Waals surface area contributed by atoms with Crippen molar-refractivity contribution in [2.45, 2.75) is 45.1 Å². The molecule has 0 bridgehead atoms. The number of hydrogen-bond acceptors (Lipinski definition) is 3. The van der Waals surface area contributed by atoms with Crippen molar-refractivity contribution in [3.05, 3.63) is 0 Å². The molecule has 1 aliphatic rings. The number of piperidine rings is 1. The second-order valence-corrected chi connectivity index (χ2v) is 5.22. The standard InChI is InChI=1S/C13H26N2O2/c1-4-13(5-2,12(16)17)14-10-11-6-8-15(3)9-7-11/h11,14H,4-10H2,1-3H3,(H,16,17). The van der Waals surface area contributed by atoms with Crippen molar-refractivity contribution < 1.29 is 9.90 Å². The molecule has 4 nitrogen and oxygen atoms in total. The van der Waals surface area contributed by atoms with Crippen LogP contribution in [0, 0.1) is 5.92 Å². The van der Waals surface area contributed by atoms with E-state index in [4.69, 9.17) is 0 Å². The first-order valence-electron chi connectivity index (χ1n) is 6.71. The highest BCUT2D eigenvalue weighted by Crippen LogP contribution is 2.19. The number of aliphatic carboxylic acids is 1. The molecule has 17 heavy (non-hydrogen) atoms. The first-order chi connectivity index (χ1) is 8.04. The van der Waals surface area contributed by atoms with Gasteiger partial charge in [-0.2, -0.15) is 0 Å². The van der Waals surface area contributed by atoms with Crippen LogP contribution in [0.15, 0.2) is 0 Å². The van der Waals surface area contributed by atoms with E-state index >= 15 is 0 Å². The molecule has 1 saturated heterocycles. The largest absolute Gasteiger partial charge is 0.480 e. The first-order valence-corrected chi connectivity index (χ1v) is 6.71. The van der Waals surface area contributed by atoms with Gasteiger partial charge in [0, 0.05) is 0 Å². The van der Waals surface area contributed by atoms with Crippen molar-refractivity contribution in [2.24, 2.45) is 5.92 Å². The number of likely N-dealkylation sites (tertiary alicyclic amines) is 1. The smallest absolute Gasteiger partial charge is 0.323 e. The maximum Gasteiger partial charge on any atom is 0.323 e. The molecule has 0 saturated carbocycles. The van der Waals surface area contributed by atoms with E-state index in [1.54, 1.807) is 0 Å². The lowest BCUT2D eigenvalue weighted by molar-refractivity contribution is -0.145. The highest BCUT2D eigenvalue weighted by atomic mass is 16.4. The molecule has 0 aliphatic carbocycles. The van der Waals surface area contributed by atoms with Crippen molar-refractivity contribution >= 4 is 5.97 Å². The predicted octanol–water partition coefficient (Wildman–Crippen LogP) is 1.56. The maximum atomic E-state index is 11.3. The third-order valence-electron chi connectivity index (χ3n) is 4.18. The fourth-order valence-corrected chi connectivity index (χ4v) is 2.48. The van der Waals surface area contributed by atoms with Crippen molar-refractivity contribution in [1.82, 2.24) is 10.2 Å². The van der Waals surface area contributed by atoms with Crippen LogP contribution in [0.2, 0.25) is 0 Å². The third-order valence-corrected chi connectivity index (χ3v) is 4.18. The van der Waals surface area contributed by atoms with Gasteiger partial charge in [-0.3, -0.25) is 4.79 Å². The van der Waals surface area contributed by atoms with Crippen LogP contribution in [0.1, 0.15) is 39.5 Å². The van der Waals surface area contributed by atoms with Crippen molar-refractivity contribution in [3.8, 4) is 0 Å². The molecule has 0 aromatic heterocycles. The molecule has 1 fully saturated rings. The van der Waals surface area contributed by atoms with Crippen LogP contribution >= 0.6 is 0 Å². The minimum absolute atomic E-state index is 0.628. The second kappa shape index (κ2) is 6.36. The SMILES string of the molecule is CCC(CC)(NCC1CCN(C)CC1)C(=O)O. The zero-order chi connectivity index (χ0) is 12.9. The number of carboxylic acid groups (broad SMARTS) is 1. The van der Waals surface area contributed by atoms with Crippen molar-refractivity contribution in [1.29, 1.82) is 0 Å². The summed E-state index contributed by atoms with van der Waals surface area (Å²) >= 11 is 0. The predicted molar refractivity (Wildman–Crippen MR) is 69.2 cm³/mol. The van der Waals surface area contributed by atoms with Crippen LogP contribution in [0.4, 0.5) is 0 Å². The molecule has 4 heteroatoms. The highest BCUT2D eigenvalue weighted by Gasteiger charge is 2.34. The molecule has 100 valence electrons. The minimum atomic E-state index is -0.719. The summed E-state index contributed by atoms with van der Waals surface area (Å²) in [7, 11) is 2.14. The Labute approximate surface area is 104 Å². The summed E-state index contributed by atoms with van der Waals surface area (Å²) in [5, 5.41) is 12.6. The van der Waals surface area contributed by atoms with Crippen LogP contribution in [0.3, 0.4) is 0 Å². The Hall–Kier alpha value is -0.610. The molecule has 1 heterocycles. The average Bonchev–Trinajstić information content (AvgIpc) is 2.33. The van der Waals surface area contributed by atoms with Gasteiger partial charge in [-0.05, 0) is 58.3 Å². The van der Waals surface area contributed by atoms with Gasteiger partial charge in [-0.25, -0.2) is 0 Å². The summed E-state index contributed by atoms with van der Waals surface area (Å²) in [4.78, 5) is 13.7. The fourth-order valence-electron chi connectivity index (χ4n) is 2.48. The number of nitrogens with zero attached hydrogens (tertiary/aromatic N) is 1. The molecule has 0 aromatic rings. The van der Waals surface area contributed by atoms with E-state index in [1.807, 2.05) is 13.8 Å². The van der Waals surface area contributed by atoms with Crippen LogP contribution in [-0.4, -0.2) is 48.2 Å². The van der Waals surface area contributed by atoms with Crippen LogP contribution in [-0.2, 0) is 4.79 Å². The van der Waals surface area contributed by atoms with Gasteiger partial charge in [0.2, 0.25) is 0 Å². The lowest BCUT2D eigenvalue weighted by Gasteiger charge is -2.33. The molecule has 0 amide bonds. The lowest BCUT2D eigenvalue weighted by Crippen LogP contribution is -2.53. The minimum Gasteiger partial charge on any atom is -0.480 e. The van der Waals surface area contributed by atoms with Crippen LogP contribution in [0.5, 0.6) is 0 Å². The van der Waals surface area contributed by atoms with E-state index in [1.165, 1.54) is 12.8 Å². The molecule has 2 N–H and O–H groups in total. The quantitative estimate of drug-likeness (QED) is 0.742. The molecule has 0 aromatic carbocycles. The summed E-state index contributed by atoms with van der Waals surface area (Å²) < 4.78 is 0. The lowest BCUT2D eigenvalue weighted by atomic mass is 9.90. The Morgan fingerprint density at radius 2 is 1.88 bits per heavy atom. The van der Waals surface area contributed by atoms with E-state index in [0.717, 1.165) is 19.6 Å². The van der Waals surface area contributed by atoms with Gasteiger partial charge in [0.05, 0.1) is 0 Å². The van der Waals surface area contributed by atoms with E-state index < -0.39 is 11.5 Å².